The van der Waals surface area contributed by atoms with Crippen molar-refractivity contribution in [2.75, 3.05) is 6.54 Å². The fourth-order valence-corrected chi connectivity index (χ4v) is 0.509. The molecule has 1 amide bonds. The molecule has 3 heteroatoms. The van der Waals surface area contributed by atoms with E-state index in [0.29, 0.717) is 6.54 Å². The Morgan fingerprint density at radius 2 is 2.55 bits per heavy atom. The third-order valence-electron chi connectivity index (χ3n) is 1.23. The van der Waals surface area contributed by atoms with Crippen LogP contribution in [0.2, 0.25) is 0 Å². The lowest BCUT2D eigenvalue weighted by Gasteiger charge is -2.02. The number of rotatable bonds is 4. The summed E-state index contributed by atoms with van der Waals surface area (Å²) in [5.41, 5.74) is 0. The lowest BCUT2D eigenvalue weighted by molar-refractivity contribution is -0.122. The predicted octanol–water partition coefficient (Wildman–Crippen LogP) is 0.838. The van der Waals surface area contributed by atoms with E-state index in [4.69, 9.17) is 5.26 Å². The van der Waals surface area contributed by atoms with Crippen LogP contribution in [0.4, 0.5) is 0 Å². The number of hydrogen-bond donors (Lipinski definition) is 1. The van der Waals surface area contributed by atoms with E-state index in [1.165, 1.54) is 0 Å². The number of carbonyl (C=O) groups excluding carboxylic acids is 1. The van der Waals surface area contributed by atoms with Crippen LogP contribution in [0.15, 0.2) is 12.7 Å². The Kier molecular flexibility index (Phi) is 4.83. The van der Waals surface area contributed by atoms with Gasteiger partial charge in [0.25, 0.3) is 0 Å². The molecule has 0 radical (unpaired) electrons. The second-order valence-electron chi connectivity index (χ2n) is 2.22. The SMILES string of the molecule is C=CCCNC(=O)C(C)C#N. The Bertz CT molecular complexity index is 181. The van der Waals surface area contributed by atoms with Crippen molar-refractivity contribution < 1.29 is 4.79 Å². The summed E-state index contributed by atoms with van der Waals surface area (Å²) in [5, 5.41) is 10.9. The smallest absolute Gasteiger partial charge is 0.237 e. The average Bonchev–Trinajstić information content (AvgIpc) is 2.03. The summed E-state index contributed by atoms with van der Waals surface area (Å²) in [4.78, 5) is 10.9. The van der Waals surface area contributed by atoms with Crippen LogP contribution in [-0.2, 0) is 4.79 Å². The van der Waals surface area contributed by atoms with Gasteiger partial charge in [0.05, 0.1) is 6.07 Å². The maximum atomic E-state index is 10.9. The summed E-state index contributed by atoms with van der Waals surface area (Å²) >= 11 is 0. The zero-order chi connectivity index (χ0) is 8.69. The molecule has 0 aliphatic rings. The highest BCUT2D eigenvalue weighted by Gasteiger charge is 2.08. The van der Waals surface area contributed by atoms with Gasteiger partial charge in [-0.15, -0.1) is 6.58 Å². The average molecular weight is 152 g/mol. The van der Waals surface area contributed by atoms with Crippen LogP contribution in [0.1, 0.15) is 13.3 Å². The fourth-order valence-electron chi connectivity index (χ4n) is 0.509. The molecule has 1 unspecified atom stereocenters. The van der Waals surface area contributed by atoms with Crippen molar-refractivity contribution in [3.05, 3.63) is 12.7 Å². The molecule has 60 valence electrons. The minimum Gasteiger partial charge on any atom is -0.355 e. The third kappa shape index (κ3) is 4.15. The van der Waals surface area contributed by atoms with E-state index in [2.05, 4.69) is 11.9 Å². The second-order valence-corrected chi connectivity index (χ2v) is 2.22. The van der Waals surface area contributed by atoms with Crippen LogP contribution >= 0.6 is 0 Å². The van der Waals surface area contributed by atoms with E-state index >= 15 is 0 Å². The molecule has 0 rings (SSSR count). The lowest BCUT2D eigenvalue weighted by Crippen LogP contribution is -2.28. The van der Waals surface area contributed by atoms with Crippen molar-refractivity contribution in [3.63, 3.8) is 0 Å². The first-order chi connectivity index (χ1) is 5.22. The zero-order valence-corrected chi connectivity index (χ0v) is 6.63. The molecule has 11 heavy (non-hydrogen) atoms. The molecule has 0 heterocycles. The number of hydrogen-bond acceptors (Lipinski definition) is 2. The molecule has 0 spiro atoms. The van der Waals surface area contributed by atoms with Gasteiger partial charge < -0.3 is 5.32 Å². The molecule has 0 aromatic rings. The topological polar surface area (TPSA) is 52.9 Å². The van der Waals surface area contributed by atoms with Gasteiger partial charge in [-0.2, -0.15) is 5.26 Å². The molecule has 0 fully saturated rings. The first-order valence-electron chi connectivity index (χ1n) is 3.50. The molecule has 0 bridgehead atoms. The van der Waals surface area contributed by atoms with E-state index in [1.807, 2.05) is 6.07 Å². The standard InChI is InChI=1S/C8H12N2O/c1-3-4-5-10-8(11)7(2)6-9/h3,7H,1,4-5H2,2H3,(H,10,11). The number of nitrogens with one attached hydrogen (secondary N) is 1. The van der Waals surface area contributed by atoms with E-state index < -0.39 is 5.92 Å². The molecule has 0 aliphatic carbocycles. The summed E-state index contributed by atoms with van der Waals surface area (Å²) in [6, 6.07) is 1.85. The van der Waals surface area contributed by atoms with Crippen LogP contribution in [0, 0.1) is 17.2 Å². The minimum absolute atomic E-state index is 0.214. The van der Waals surface area contributed by atoms with Crippen molar-refractivity contribution in [3.8, 4) is 6.07 Å². The summed E-state index contributed by atoms with van der Waals surface area (Å²) in [7, 11) is 0. The minimum atomic E-state index is -0.556. The lowest BCUT2D eigenvalue weighted by atomic mass is 10.2. The molecular formula is C8H12N2O. The highest BCUT2D eigenvalue weighted by atomic mass is 16.1. The summed E-state index contributed by atoms with van der Waals surface area (Å²) in [6.45, 7) is 5.64. The predicted molar refractivity (Wildman–Crippen MR) is 42.6 cm³/mol. The van der Waals surface area contributed by atoms with Crippen LogP contribution in [0.3, 0.4) is 0 Å². The number of amides is 1. The Morgan fingerprint density at radius 1 is 1.91 bits per heavy atom. The normalized spacial score (nSPS) is 11.3. The Morgan fingerprint density at radius 3 is 3.00 bits per heavy atom. The molecule has 0 saturated carbocycles. The van der Waals surface area contributed by atoms with Crippen LogP contribution < -0.4 is 5.32 Å². The molecule has 0 aromatic carbocycles. The summed E-state index contributed by atoms with van der Waals surface area (Å²) in [5.74, 6) is -0.769. The van der Waals surface area contributed by atoms with Crippen molar-refractivity contribution in [2.24, 2.45) is 5.92 Å². The van der Waals surface area contributed by atoms with E-state index in [-0.39, 0.29) is 5.91 Å². The Hall–Kier alpha value is -1.30. The highest BCUT2D eigenvalue weighted by molar-refractivity contribution is 5.80. The van der Waals surface area contributed by atoms with E-state index in [9.17, 15) is 4.79 Å². The third-order valence-corrected chi connectivity index (χ3v) is 1.23. The quantitative estimate of drug-likeness (QED) is 0.479. The van der Waals surface area contributed by atoms with Gasteiger partial charge in [0.15, 0.2) is 0 Å². The van der Waals surface area contributed by atoms with Crippen LogP contribution in [0.5, 0.6) is 0 Å². The van der Waals surface area contributed by atoms with Gasteiger partial charge in [-0.3, -0.25) is 4.79 Å². The zero-order valence-electron chi connectivity index (χ0n) is 6.63. The monoisotopic (exact) mass is 152 g/mol. The van der Waals surface area contributed by atoms with Crippen molar-refractivity contribution >= 4 is 5.91 Å². The largest absolute Gasteiger partial charge is 0.355 e. The first-order valence-corrected chi connectivity index (χ1v) is 3.50. The molecule has 0 aromatic heterocycles. The molecule has 0 aliphatic heterocycles. The molecule has 0 saturated heterocycles. The van der Waals surface area contributed by atoms with Crippen LogP contribution in [0.25, 0.3) is 0 Å². The van der Waals surface area contributed by atoms with E-state index in [0.717, 1.165) is 6.42 Å². The van der Waals surface area contributed by atoms with Crippen molar-refractivity contribution in [1.82, 2.24) is 5.32 Å². The Balaban J connectivity index is 3.54. The van der Waals surface area contributed by atoms with Crippen molar-refractivity contribution in [1.29, 1.82) is 5.26 Å². The second kappa shape index (κ2) is 5.48. The maximum absolute atomic E-state index is 10.9. The van der Waals surface area contributed by atoms with Gasteiger partial charge in [0, 0.05) is 6.54 Å². The summed E-state index contributed by atoms with van der Waals surface area (Å²) < 4.78 is 0. The van der Waals surface area contributed by atoms with Gasteiger partial charge in [-0.05, 0) is 13.3 Å². The Labute approximate surface area is 66.7 Å². The first kappa shape index (κ1) is 9.70. The van der Waals surface area contributed by atoms with Gasteiger partial charge in [0.2, 0.25) is 5.91 Å². The molecule has 1 atom stereocenters. The van der Waals surface area contributed by atoms with Crippen molar-refractivity contribution in [2.45, 2.75) is 13.3 Å². The van der Waals surface area contributed by atoms with Gasteiger partial charge in [0.1, 0.15) is 5.92 Å². The van der Waals surface area contributed by atoms with Gasteiger partial charge >= 0.3 is 0 Å². The van der Waals surface area contributed by atoms with E-state index in [1.54, 1.807) is 13.0 Å². The van der Waals surface area contributed by atoms with Gasteiger partial charge in [-0.25, -0.2) is 0 Å². The molecule has 1 N–H and O–H groups in total. The number of carbonyl (C=O) groups is 1. The summed E-state index contributed by atoms with van der Waals surface area (Å²) in [6.07, 6.45) is 2.46. The fraction of sp³-hybridized carbons (Fsp3) is 0.500. The molecule has 3 nitrogen and oxygen atoms in total. The number of nitriles is 1. The maximum Gasteiger partial charge on any atom is 0.237 e. The number of nitrogens with zero attached hydrogens (tertiary/aromatic N) is 1. The highest BCUT2D eigenvalue weighted by Crippen LogP contribution is 1.90. The van der Waals surface area contributed by atoms with Gasteiger partial charge in [-0.1, -0.05) is 6.08 Å². The van der Waals surface area contributed by atoms with Crippen LogP contribution in [-0.4, -0.2) is 12.5 Å². The molecular weight excluding hydrogens is 140 g/mol.